The maximum atomic E-state index is 11.7. The predicted molar refractivity (Wildman–Crippen MR) is 98.9 cm³/mol. The maximum Gasteiger partial charge on any atom is 0.254 e. The van der Waals surface area contributed by atoms with E-state index in [1.165, 1.54) is 6.20 Å². The fourth-order valence-electron chi connectivity index (χ4n) is 4.09. The Morgan fingerprint density at radius 3 is 2.69 bits per heavy atom. The van der Waals surface area contributed by atoms with Gasteiger partial charge in [-0.2, -0.15) is 0 Å². The van der Waals surface area contributed by atoms with Crippen LogP contribution in [0.2, 0.25) is 0 Å². The number of aliphatic hydroxyl groups excluding tert-OH is 1. The van der Waals surface area contributed by atoms with Crippen LogP contribution in [0.3, 0.4) is 0 Å². The number of anilines is 1. The molecule has 2 aliphatic rings. The third-order valence-corrected chi connectivity index (χ3v) is 5.57. The van der Waals surface area contributed by atoms with E-state index in [2.05, 4.69) is 15.3 Å². The van der Waals surface area contributed by atoms with Crippen LogP contribution in [-0.2, 0) is 11.2 Å². The summed E-state index contributed by atoms with van der Waals surface area (Å²) in [6, 6.07) is -0.0857. The van der Waals surface area contributed by atoms with Crippen molar-refractivity contribution in [3.63, 3.8) is 0 Å². The molecule has 26 heavy (non-hydrogen) atoms. The number of hydrogen-bond donors (Lipinski definition) is 3. The van der Waals surface area contributed by atoms with E-state index in [0.717, 1.165) is 63.8 Å². The van der Waals surface area contributed by atoms with Crippen molar-refractivity contribution in [1.82, 2.24) is 9.97 Å². The molecule has 1 amide bonds. The number of carbonyl (C=O) groups is 1. The maximum absolute atomic E-state index is 11.7. The van der Waals surface area contributed by atoms with Crippen LogP contribution >= 0.6 is 0 Å². The van der Waals surface area contributed by atoms with Gasteiger partial charge in [0.15, 0.2) is 0 Å². The number of rotatable bonds is 7. The number of nitrogens with zero attached hydrogens (tertiary/aromatic N) is 2. The van der Waals surface area contributed by atoms with Crippen molar-refractivity contribution >= 4 is 11.7 Å². The zero-order chi connectivity index (χ0) is 18.5. The number of nitrogens with two attached hydrogens (primary N) is 1. The van der Waals surface area contributed by atoms with Crippen molar-refractivity contribution < 1.29 is 14.6 Å². The lowest BCUT2D eigenvalue weighted by atomic mass is 9.85. The van der Waals surface area contributed by atoms with Crippen LogP contribution in [0.4, 0.5) is 5.82 Å². The summed E-state index contributed by atoms with van der Waals surface area (Å²) < 4.78 is 5.71. The Labute approximate surface area is 154 Å². The molecule has 1 aromatic rings. The van der Waals surface area contributed by atoms with E-state index in [4.69, 9.17) is 10.5 Å². The average molecular weight is 362 g/mol. The summed E-state index contributed by atoms with van der Waals surface area (Å²) in [6.07, 6.45) is 9.24. The summed E-state index contributed by atoms with van der Waals surface area (Å²) in [5, 5.41) is 13.3. The molecule has 2 atom stereocenters. The van der Waals surface area contributed by atoms with Gasteiger partial charge in [0.1, 0.15) is 11.6 Å². The first-order valence-electron chi connectivity index (χ1n) is 9.78. The van der Waals surface area contributed by atoms with E-state index < -0.39 is 12.0 Å². The van der Waals surface area contributed by atoms with Gasteiger partial charge in [0.05, 0.1) is 23.8 Å². The van der Waals surface area contributed by atoms with Crippen molar-refractivity contribution in [3.05, 3.63) is 17.6 Å². The summed E-state index contributed by atoms with van der Waals surface area (Å²) in [7, 11) is 0. The Bertz CT molecular complexity index is 617. The van der Waals surface area contributed by atoms with Crippen LogP contribution in [0, 0.1) is 5.92 Å². The van der Waals surface area contributed by atoms with Crippen LogP contribution in [0.5, 0.6) is 0 Å². The van der Waals surface area contributed by atoms with Gasteiger partial charge in [0.2, 0.25) is 0 Å². The minimum Gasteiger partial charge on any atom is -0.391 e. The number of amides is 1. The normalized spacial score (nSPS) is 28.8. The highest BCUT2D eigenvalue weighted by atomic mass is 16.5. The molecule has 0 aromatic carbocycles. The van der Waals surface area contributed by atoms with Crippen molar-refractivity contribution in [3.8, 4) is 0 Å². The predicted octanol–water partition coefficient (Wildman–Crippen LogP) is 2.04. The molecule has 7 heteroatoms. The van der Waals surface area contributed by atoms with Crippen LogP contribution in [0.1, 0.15) is 68.1 Å². The number of nitrogens with one attached hydrogen (secondary N) is 1. The van der Waals surface area contributed by atoms with Gasteiger partial charge in [-0.15, -0.1) is 0 Å². The van der Waals surface area contributed by atoms with Crippen LogP contribution < -0.4 is 11.1 Å². The lowest BCUT2D eigenvalue weighted by Crippen LogP contribution is -2.30. The Hall–Kier alpha value is -1.73. The van der Waals surface area contributed by atoms with E-state index >= 15 is 0 Å². The molecule has 1 aromatic heterocycles. The zero-order valence-corrected chi connectivity index (χ0v) is 15.5. The Morgan fingerprint density at radius 1 is 1.31 bits per heavy atom. The molecule has 2 aliphatic carbocycles. The molecule has 0 aliphatic heterocycles. The van der Waals surface area contributed by atoms with Gasteiger partial charge in [-0.05, 0) is 57.8 Å². The van der Waals surface area contributed by atoms with Crippen LogP contribution in [-0.4, -0.2) is 45.8 Å². The largest absolute Gasteiger partial charge is 0.391 e. The molecule has 4 N–H and O–H groups in total. The molecular weight excluding hydrogens is 332 g/mol. The Kier molecular flexibility index (Phi) is 6.43. The highest BCUT2D eigenvalue weighted by molar-refractivity contribution is 5.97. The highest BCUT2D eigenvalue weighted by Crippen LogP contribution is 2.29. The SMILES string of the molecule is CCOC1CCC(Cc2ncc(C(N)=O)c(NC3CCC[C@@H]3O)n2)CC1. The zero-order valence-electron chi connectivity index (χ0n) is 15.5. The number of aliphatic hydroxyl groups is 1. The molecule has 1 unspecified atom stereocenters. The molecule has 2 saturated carbocycles. The lowest BCUT2D eigenvalue weighted by Gasteiger charge is -2.28. The summed E-state index contributed by atoms with van der Waals surface area (Å²) in [5.74, 6) is 1.17. The van der Waals surface area contributed by atoms with Crippen molar-refractivity contribution in [2.75, 3.05) is 11.9 Å². The molecule has 3 rings (SSSR count). The second kappa shape index (κ2) is 8.77. The van der Waals surface area contributed by atoms with E-state index in [9.17, 15) is 9.90 Å². The highest BCUT2D eigenvalue weighted by Gasteiger charge is 2.27. The quantitative estimate of drug-likeness (QED) is 0.684. The van der Waals surface area contributed by atoms with Crippen LogP contribution in [0.15, 0.2) is 6.20 Å². The lowest BCUT2D eigenvalue weighted by molar-refractivity contribution is 0.0255. The summed E-state index contributed by atoms with van der Waals surface area (Å²) in [5.41, 5.74) is 5.75. The molecule has 144 valence electrons. The molecular formula is C19H30N4O3. The molecule has 0 saturated heterocycles. The van der Waals surface area contributed by atoms with E-state index in [0.29, 0.717) is 17.8 Å². The molecule has 2 fully saturated rings. The third-order valence-electron chi connectivity index (χ3n) is 5.57. The van der Waals surface area contributed by atoms with Crippen molar-refractivity contribution in [2.45, 2.75) is 76.5 Å². The van der Waals surface area contributed by atoms with Gasteiger partial charge in [0, 0.05) is 19.2 Å². The smallest absolute Gasteiger partial charge is 0.254 e. The van der Waals surface area contributed by atoms with Crippen molar-refractivity contribution in [2.24, 2.45) is 11.7 Å². The minimum absolute atomic E-state index is 0.0857. The summed E-state index contributed by atoms with van der Waals surface area (Å²) in [6.45, 7) is 2.81. The molecule has 0 spiro atoms. The molecule has 1 heterocycles. The van der Waals surface area contributed by atoms with E-state index in [1.807, 2.05) is 6.92 Å². The first-order valence-corrected chi connectivity index (χ1v) is 9.78. The van der Waals surface area contributed by atoms with Gasteiger partial charge >= 0.3 is 0 Å². The summed E-state index contributed by atoms with van der Waals surface area (Å²) >= 11 is 0. The fraction of sp³-hybridized carbons (Fsp3) is 0.737. The second-order valence-corrected chi connectivity index (χ2v) is 7.46. The number of hydrogen-bond acceptors (Lipinski definition) is 6. The summed E-state index contributed by atoms with van der Waals surface area (Å²) in [4.78, 5) is 20.6. The monoisotopic (exact) mass is 362 g/mol. The van der Waals surface area contributed by atoms with Gasteiger partial charge in [-0.1, -0.05) is 0 Å². The van der Waals surface area contributed by atoms with Gasteiger partial charge in [-0.3, -0.25) is 4.79 Å². The standard InChI is InChI=1S/C19H30N4O3/c1-2-26-13-8-6-12(7-9-13)10-17-21-11-14(18(20)25)19(23-17)22-15-4-3-5-16(15)24/h11-13,15-16,24H,2-10H2,1H3,(H2,20,25)(H,21,22,23)/t12?,13?,15?,16-/m0/s1. The van der Waals surface area contributed by atoms with Crippen LogP contribution in [0.25, 0.3) is 0 Å². The number of primary amides is 1. The van der Waals surface area contributed by atoms with Gasteiger partial charge < -0.3 is 20.9 Å². The Balaban J connectivity index is 1.66. The minimum atomic E-state index is -0.552. The first-order chi connectivity index (χ1) is 12.6. The van der Waals surface area contributed by atoms with Gasteiger partial charge in [-0.25, -0.2) is 9.97 Å². The fourth-order valence-corrected chi connectivity index (χ4v) is 4.09. The number of ether oxygens (including phenoxy) is 1. The number of aromatic nitrogens is 2. The molecule has 0 radical (unpaired) electrons. The topological polar surface area (TPSA) is 110 Å². The number of carbonyl (C=O) groups excluding carboxylic acids is 1. The van der Waals surface area contributed by atoms with E-state index in [1.54, 1.807) is 0 Å². The first kappa shape index (κ1) is 19.0. The Morgan fingerprint density at radius 2 is 2.08 bits per heavy atom. The van der Waals surface area contributed by atoms with E-state index in [-0.39, 0.29) is 11.6 Å². The third kappa shape index (κ3) is 4.71. The molecule has 0 bridgehead atoms. The second-order valence-electron chi connectivity index (χ2n) is 7.46. The van der Waals surface area contributed by atoms with Crippen molar-refractivity contribution in [1.29, 1.82) is 0 Å². The van der Waals surface area contributed by atoms with Gasteiger partial charge in [0.25, 0.3) is 5.91 Å². The molecule has 7 nitrogen and oxygen atoms in total. The average Bonchev–Trinajstić information content (AvgIpc) is 3.02.